The molecule has 21 heavy (non-hydrogen) atoms. The number of hydrogen-bond acceptors (Lipinski definition) is 3. The van der Waals surface area contributed by atoms with E-state index in [1.165, 1.54) is 5.56 Å². The van der Waals surface area contributed by atoms with Crippen LogP contribution in [0, 0.1) is 5.41 Å². The molecule has 1 unspecified atom stereocenters. The number of nitrogens with zero attached hydrogens (tertiary/aromatic N) is 1. The van der Waals surface area contributed by atoms with E-state index in [2.05, 4.69) is 24.1 Å². The minimum Gasteiger partial charge on any atom is -0.493 e. The average molecular weight is 281 g/mol. The number of amidine groups is 1. The van der Waals surface area contributed by atoms with Gasteiger partial charge in [-0.15, -0.1) is 0 Å². The van der Waals surface area contributed by atoms with E-state index in [9.17, 15) is 0 Å². The van der Waals surface area contributed by atoms with Gasteiger partial charge in [0.1, 0.15) is 11.6 Å². The third kappa shape index (κ3) is 2.70. The molecule has 2 aromatic carbocycles. The van der Waals surface area contributed by atoms with Crippen LogP contribution in [0.4, 0.5) is 5.69 Å². The Bertz CT molecular complexity index is 669. The van der Waals surface area contributed by atoms with Crippen molar-refractivity contribution in [2.75, 3.05) is 25.1 Å². The zero-order valence-corrected chi connectivity index (χ0v) is 12.0. The summed E-state index contributed by atoms with van der Waals surface area (Å²) >= 11 is 0. The molecule has 1 aliphatic rings. The lowest BCUT2D eigenvalue weighted by Gasteiger charge is -2.23. The molecular formula is C17H19N3O. The van der Waals surface area contributed by atoms with Crippen LogP contribution < -0.4 is 15.4 Å². The van der Waals surface area contributed by atoms with Crippen molar-refractivity contribution in [3.8, 4) is 5.75 Å². The van der Waals surface area contributed by atoms with Crippen LogP contribution in [0.3, 0.4) is 0 Å². The Labute approximate surface area is 124 Å². The highest BCUT2D eigenvalue weighted by molar-refractivity contribution is 5.95. The monoisotopic (exact) mass is 281 g/mol. The predicted octanol–water partition coefficient (Wildman–Crippen LogP) is 2.58. The van der Waals surface area contributed by atoms with Crippen LogP contribution in [-0.4, -0.2) is 26.0 Å². The summed E-state index contributed by atoms with van der Waals surface area (Å²) in [7, 11) is 2.06. The molecule has 0 fully saturated rings. The molecule has 4 nitrogen and oxygen atoms in total. The molecule has 0 bridgehead atoms. The van der Waals surface area contributed by atoms with Crippen molar-refractivity contribution in [2.45, 2.75) is 5.92 Å². The Morgan fingerprint density at radius 3 is 2.90 bits per heavy atom. The second kappa shape index (κ2) is 5.48. The molecule has 1 atom stereocenters. The summed E-state index contributed by atoms with van der Waals surface area (Å²) in [5.74, 6) is 1.46. The molecule has 0 saturated heterocycles. The van der Waals surface area contributed by atoms with E-state index < -0.39 is 0 Å². The minimum atomic E-state index is 0.0970. The van der Waals surface area contributed by atoms with Gasteiger partial charge in [-0.1, -0.05) is 30.3 Å². The van der Waals surface area contributed by atoms with Crippen molar-refractivity contribution in [1.82, 2.24) is 0 Å². The Morgan fingerprint density at radius 1 is 1.29 bits per heavy atom. The zero-order valence-electron chi connectivity index (χ0n) is 12.0. The van der Waals surface area contributed by atoms with Gasteiger partial charge in [0, 0.05) is 36.3 Å². The lowest BCUT2D eigenvalue weighted by Crippen LogP contribution is -2.25. The molecule has 2 aromatic rings. The summed E-state index contributed by atoms with van der Waals surface area (Å²) < 4.78 is 5.73. The van der Waals surface area contributed by atoms with Crippen molar-refractivity contribution in [3.63, 3.8) is 0 Å². The van der Waals surface area contributed by atoms with Crippen LogP contribution >= 0.6 is 0 Å². The Kier molecular flexibility index (Phi) is 3.52. The number of anilines is 1. The van der Waals surface area contributed by atoms with Gasteiger partial charge in [-0.05, 0) is 18.2 Å². The number of likely N-dealkylation sites (N-methyl/N-ethyl adjacent to an activating group) is 1. The van der Waals surface area contributed by atoms with Gasteiger partial charge in [0.15, 0.2) is 0 Å². The van der Waals surface area contributed by atoms with Gasteiger partial charge in [0.25, 0.3) is 0 Å². The lowest BCUT2D eigenvalue weighted by molar-refractivity contribution is 0.332. The highest BCUT2D eigenvalue weighted by Crippen LogP contribution is 2.34. The van der Waals surface area contributed by atoms with Gasteiger partial charge in [-0.25, -0.2) is 0 Å². The predicted molar refractivity (Wildman–Crippen MR) is 85.4 cm³/mol. The van der Waals surface area contributed by atoms with Crippen molar-refractivity contribution in [3.05, 3.63) is 59.7 Å². The van der Waals surface area contributed by atoms with Gasteiger partial charge in [0.2, 0.25) is 0 Å². The van der Waals surface area contributed by atoms with Crippen LogP contribution in [0.15, 0.2) is 48.5 Å². The average Bonchev–Trinajstić information content (AvgIpc) is 2.91. The van der Waals surface area contributed by atoms with Gasteiger partial charge < -0.3 is 15.4 Å². The first kappa shape index (κ1) is 13.5. The van der Waals surface area contributed by atoms with Gasteiger partial charge >= 0.3 is 0 Å². The van der Waals surface area contributed by atoms with E-state index in [0.717, 1.165) is 30.2 Å². The first-order valence-electron chi connectivity index (χ1n) is 7.02. The maximum atomic E-state index is 7.53. The fourth-order valence-corrected chi connectivity index (χ4v) is 2.73. The molecule has 0 aromatic heterocycles. The van der Waals surface area contributed by atoms with E-state index >= 15 is 0 Å². The molecule has 0 spiro atoms. The van der Waals surface area contributed by atoms with E-state index in [1.54, 1.807) is 0 Å². The van der Waals surface area contributed by atoms with Gasteiger partial charge in [-0.2, -0.15) is 0 Å². The molecule has 3 N–H and O–H groups in total. The van der Waals surface area contributed by atoms with Crippen molar-refractivity contribution in [1.29, 1.82) is 5.41 Å². The number of para-hydroxylation sites is 1. The topological polar surface area (TPSA) is 62.3 Å². The van der Waals surface area contributed by atoms with E-state index in [1.807, 2.05) is 36.4 Å². The van der Waals surface area contributed by atoms with E-state index in [-0.39, 0.29) is 5.84 Å². The van der Waals surface area contributed by atoms with Crippen molar-refractivity contribution in [2.24, 2.45) is 5.73 Å². The largest absolute Gasteiger partial charge is 0.493 e. The molecule has 1 heterocycles. The number of rotatable bonds is 4. The smallest absolute Gasteiger partial charge is 0.122 e. The Balaban J connectivity index is 1.77. The second-order valence-corrected chi connectivity index (χ2v) is 5.39. The van der Waals surface area contributed by atoms with Gasteiger partial charge in [0.05, 0.1) is 6.61 Å². The summed E-state index contributed by atoms with van der Waals surface area (Å²) in [6.45, 7) is 1.59. The molecule has 1 aliphatic heterocycles. The van der Waals surface area contributed by atoms with Crippen LogP contribution in [-0.2, 0) is 0 Å². The number of nitrogen functional groups attached to an aromatic ring is 1. The summed E-state index contributed by atoms with van der Waals surface area (Å²) in [5.41, 5.74) is 8.64. The normalized spacial score (nSPS) is 16.1. The second-order valence-electron chi connectivity index (χ2n) is 5.39. The van der Waals surface area contributed by atoms with Crippen LogP contribution in [0.2, 0.25) is 0 Å². The van der Waals surface area contributed by atoms with E-state index in [0.29, 0.717) is 5.92 Å². The maximum absolute atomic E-state index is 7.53. The molecule has 3 rings (SSSR count). The maximum Gasteiger partial charge on any atom is 0.122 e. The molecule has 4 heteroatoms. The molecular weight excluding hydrogens is 262 g/mol. The fraction of sp³-hybridized carbons (Fsp3) is 0.235. The SMILES string of the molecule is CN(CC1COc2ccccc21)c1cccc(C(=N)N)c1. The van der Waals surface area contributed by atoms with E-state index in [4.69, 9.17) is 15.9 Å². The number of benzene rings is 2. The molecule has 0 amide bonds. The summed E-state index contributed by atoms with van der Waals surface area (Å²) in [5, 5.41) is 7.53. The molecule has 0 saturated carbocycles. The summed E-state index contributed by atoms with van der Waals surface area (Å²) in [4.78, 5) is 2.18. The Morgan fingerprint density at radius 2 is 2.10 bits per heavy atom. The minimum absolute atomic E-state index is 0.0970. The van der Waals surface area contributed by atoms with Crippen LogP contribution in [0.25, 0.3) is 0 Å². The summed E-state index contributed by atoms with van der Waals surface area (Å²) in [6.07, 6.45) is 0. The fourth-order valence-electron chi connectivity index (χ4n) is 2.73. The van der Waals surface area contributed by atoms with Crippen molar-refractivity contribution < 1.29 is 4.74 Å². The summed E-state index contributed by atoms with van der Waals surface area (Å²) in [6, 6.07) is 16.0. The number of hydrogen-bond donors (Lipinski definition) is 2. The first-order valence-corrected chi connectivity index (χ1v) is 7.02. The number of nitrogens with two attached hydrogens (primary N) is 1. The number of fused-ring (bicyclic) bond motifs is 1. The quantitative estimate of drug-likeness (QED) is 0.669. The molecule has 108 valence electrons. The van der Waals surface area contributed by atoms with Gasteiger partial charge in [-0.3, -0.25) is 5.41 Å². The zero-order chi connectivity index (χ0) is 14.8. The van der Waals surface area contributed by atoms with Crippen molar-refractivity contribution >= 4 is 11.5 Å². The highest BCUT2D eigenvalue weighted by Gasteiger charge is 2.24. The third-order valence-electron chi connectivity index (χ3n) is 3.89. The first-order chi connectivity index (χ1) is 10.1. The molecule has 0 radical (unpaired) electrons. The number of ether oxygens (including phenoxy) is 1. The third-order valence-corrected chi connectivity index (χ3v) is 3.89. The number of nitrogens with one attached hydrogen (secondary N) is 1. The van der Waals surface area contributed by atoms with Crippen LogP contribution in [0.1, 0.15) is 17.0 Å². The highest BCUT2D eigenvalue weighted by atomic mass is 16.5. The van der Waals surface area contributed by atoms with Crippen LogP contribution in [0.5, 0.6) is 5.75 Å². The standard InChI is InChI=1S/C17H19N3O/c1-20(14-6-4-5-12(9-14)17(18)19)10-13-11-21-16-8-3-2-7-15(13)16/h2-9,13H,10-11H2,1H3,(H3,18,19). The Hall–Kier alpha value is -2.49. The lowest BCUT2D eigenvalue weighted by atomic mass is 10.0. The molecule has 0 aliphatic carbocycles.